The van der Waals surface area contributed by atoms with Crippen molar-refractivity contribution >= 4 is 11.8 Å². The van der Waals surface area contributed by atoms with Crippen LogP contribution in [0.25, 0.3) is 0 Å². The van der Waals surface area contributed by atoms with Crippen molar-refractivity contribution in [3.8, 4) is 0 Å². The Labute approximate surface area is 170 Å². The summed E-state index contributed by atoms with van der Waals surface area (Å²) in [5.41, 5.74) is 3.46. The van der Waals surface area contributed by atoms with Crippen LogP contribution in [-0.2, 0) is 11.2 Å². The quantitative estimate of drug-likeness (QED) is 0.682. The van der Waals surface area contributed by atoms with Crippen molar-refractivity contribution in [2.75, 3.05) is 0 Å². The third kappa shape index (κ3) is 4.29. The first-order chi connectivity index (χ1) is 14.0. The van der Waals surface area contributed by atoms with Gasteiger partial charge in [0.15, 0.2) is 5.78 Å². The van der Waals surface area contributed by atoms with Crippen molar-refractivity contribution in [3.63, 3.8) is 0 Å². The minimum absolute atomic E-state index is 0.0110. The molecule has 1 N–H and O–H groups in total. The first-order valence-electron chi connectivity index (χ1n) is 10.7. The van der Waals surface area contributed by atoms with Gasteiger partial charge in [-0.3, -0.25) is 4.79 Å². The first kappa shape index (κ1) is 19.9. The van der Waals surface area contributed by atoms with Crippen molar-refractivity contribution in [3.05, 3.63) is 58.2 Å². The van der Waals surface area contributed by atoms with E-state index >= 15 is 0 Å². The molecule has 1 heterocycles. The molecule has 0 aliphatic heterocycles. The maximum atomic E-state index is 13.2. The second-order valence-corrected chi connectivity index (χ2v) is 8.43. The number of carbonyl (C=O) groups excluding carboxylic acids is 2. The molecule has 2 aliphatic carbocycles. The van der Waals surface area contributed by atoms with Crippen LogP contribution >= 0.6 is 0 Å². The van der Waals surface area contributed by atoms with Gasteiger partial charge in [0.2, 0.25) is 0 Å². The largest absolute Gasteiger partial charge is 0.458 e. The van der Waals surface area contributed by atoms with Gasteiger partial charge in [-0.15, -0.1) is 0 Å². The van der Waals surface area contributed by atoms with E-state index < -0.39 is 0 Å². The normalized spacial score (nSPS) is 20.6. The Hall–Kier alpha value is -2.43. The van der Waals surface area contributed by atoms with E-state index in [9.17, 15) is 14.0 Å². The molecule has 1 saturated carbocycles. The lowest BCUT2D eigenvalue weighted by Gasteiger charge is -2.22. The number of ether oxygens (including phenoxy) is 1. The standard InChI is InChI=1S/C24H28FNO3/c1-15-22-20(13-17(14-21(22)27)16-9-11-18(25)12-10-16)26-23(15)24(28)29-19-7-5-3-2-4-6-8-19/h9-12,17,19,26H,2-8,13-14H2,1H3/t17-/m1/s1. The molecule has 0 bridgehead atoms. The number of carbonyl (C=O) groups is 2. The molecule has 1 fully saturated rings. The Balaban J connectivity index is 1.52. The lowest BCUT2D eigenvalue weighted by Crippen LogP contribution is -2.20. The van der Waals surface area contributed by atoms with Gasteiger partial charge in [0.1, 0.15) is 17.6 Å². The molecule has 2 aromatic rings. The highest BCUT2D eigenvalue weighted by atomic mass is 19.1. The molecule has 0 unspecified atom stereocenters. The van der Waals surface area contributed by atoms with Gasteiger partial charge in [-0.05, 0) is 68.2 Å². The Bertz CT molecular complexity index is 892. The lowest BCUT2D eigenvalue weighted by atomic mass is 9.81. The van der Waals surface area contributed by atoms with Gasteiger partial charge < -0.3 is 9.72 Å². The maximum absolute atomic E-state index is 13.2. The molecule has 1 aromatic heterocycles. The summed E-state index contributed by atoms with van der Waals surface area (Å²) in [5.74, 6) is -0.623. The number of H-pyrrole nitrogens is 1. The van der Waals surface area contributed by atoms with E-state index in [-0.39, 0.29) is 29.6 Å². The second kappa shape index (κ2) is 8.52. The summed E-state index contributed by atoms with van der Waals surface area (Å²) in [4.78, 5) is 28.9. The number of fused-ring (bicyclic) bond motifs is 1. The van der Waals surface area contributed by atoms with Gasteiger partial charge in [-0.25, -0.2) is 9.18 Å². The fourth-order valence-electron chi connectivity index (χ4n) is 4.76. The third-order valence-electron chi connectivity index (χ3n) is 6.36. The molecule has 29 heavy (non-hydrogen) atoms. The van der Waals surface area contributed by atoms with Gasteiger partial charge in [0.05, 0.1) is 0 Å². The smallest absolute Gasteiger partial charge is 0.355 e. The van der Waals surface area contributed by atoms with Gasteiger partial charge in [-0.2, -0.15) is 0 Å². The van der Waals surface area contributed by atoms with Crippen molar-refractivity contribution in [2.24, 2.45) is 0 Å². The monoisotopic (exact) mass is 397 g/mol. The van der Waals surface area contributed by atoms with E-state index in [4.69, 9.17) is 4.74 Å². The molecule has 4 rings (SSSR count). The summed E-state index contributed by atoms with van der Waals surface area (Å²) in [7, 11) is 0. The first-order valence-corrected chi connectivity index (χ1v) is 10.7. The van der Waals surface area contributed by atoms with Crippen molar-refractivity contribution in [1.82, 2.24) is 4.98 Å². The summed E-state index contributed by atoms with van der Waals surface area (Å²) in [6.07, 6.45) is 8.63. The summed E-state index contributed by atoms with van der Waals surface area (Å²) in [5, 5.41) is 0. The summed E-state index contributed by atoms with van der Waals surface area (Å²) >= 11 is 0. The lowest BCUT2D eigenvalue weighted by molar-refractivity contribution is 0.0232. The Morgan fingerprint density at radius 3 is 2.38 bits per heavy atom. The predicted molar refractivity (Wildman–Crippen MR) is 109 cm³/mol. The zero-order valence-electron chi connectivity index (χ0n) is 16.9. The number of rotatable bonds is 3. The van der Waals surface area contributed by atoms with Gasteiger partial charge in [0, 0.05) is 17.7 Å². The van der Waals surface area contributed by atoms with E-state index in [0.29, 0.717) is 29.7 Å². The number of Topliss-reactive ketones (excluding diaryl/α,β-unsaturated/α-hetero) is 1. The van der Waals surface area contributed by atoms with Crippen molar-refractivity contribution in [1.29, 1.82) is 0 Å². The van der Waals surface area contributed by atoms with Gasteiger partial charge >= 0.3 is 5.97 Å². The van der Waals surface area contributed by atoms with E-state index in [1.165, 1.54) is 31.4 Å². The SMILES string of the molecule is Cc1c(C(=O)OC2CCCCCCC2)[nH]c2c1C(=O)C[C@H](c1ccc(F)cc1)C2. The highest BCUT2D eigenvalue weighted by Crippen LogP contribution is 2.35. The molecule has 0 spiro atoms. The van der Waals surface area contributed by atoms with Crippen LogP contribution in [0.2, 0.25) is 0 Å². The minimum atomic E-state index is -0.353. The van der Waals surface area contributed by atoms with Crippen LogP contribution in [-0.4, -0.2) is 22.8 Å². The minimum Gasteiger partial charge on any atom is -0.458 e. The van der Waals surface area contributed by atoms with Crippen LogP contribution in [0.5, 0.6) is 0 Å². The Kier molecular flexibility index (Phi) is 5.84. The average molecular weight is 397 g/mol. The Morgan fingerprint density at radius 1 is 1.03 bits per heavy atom. The van der Waals surface area contributed by atoms with E-state index in [1.807, 2.05) is 6.92 Å². The van der Waals surface area contributed by atoms with E-state index in [2.05, 4.69) is 4.98 Å². The molecule has 5 heteroatoms. The molecule has 0 saturated heterocycles. The van der Waals surface area contributed by atoms with E-state index in [1.54, 1.807) is 12.1 Å². The molecule has 4 nitrogen and oxygen atoms in total. The number of nitrogens with one attached hydrogen (secondary N) is 1. The van der Waals surface area contributed by atoms with Crippen LogP contribution in [0.1, 0.15) is 95.0 Å². The topological polar surface area (TPSA) is 59.2 Å². The highest BCUT2D eigenvalue weighted by Gasteiger charge is 2.32. The molecule has 1 atom stereocenters. The Morgan fingerprint density at radius 2 is 1.69 bits per heavy atom. The fourth-order valence-corrected chi connectivity index (χ4v) is 4.76. The summed E-state index contributed by atoms with van der Waals surface area (Å²) < 4.78 is 19.0. The molecule has 2 aliphatic rings. The van der Waals surface area contributed by atoms with Gasteiger partial charge in [0.25, 0.3) is 0 Å². The summed E-state index contributed by atoms with van der Waals surface area (Å²) in [6, 6.07) is 6.32. The van der Waals surface area contributed by atoms with Crippen molar-refractivity contribution < 1.29 is 18.7 Å². The third-order valence-corrected chi connectivity index (χ3v) is 6.36. The highest BCUT2D eigenvalue weighted by molar-refractivity contribution is 6.03. The number of benzene rings is 1. The number of hydrogen-bond acceptors (Lipinski definition) is 3. The maximum Gasteiger partial charge on any atom is 0.355 e. The zero-order valence-corrected chi connectivity index (χ0v) is 16.9. The van der Waals surface area contributed by atoms with Crippen LogP contribution in [0, 0.1) is 12.7 Å². The molecular formula is C24H28FNO3. The predicted octanol–water partition coefficient (Wildman–Crippen LogP) is 5.64. The fraction of sp³-hybridized carbons (Fsp3) is 0.500. The molecule has 1 aromatic carbocycles. The number of halogens is 1. The van der Waals surface area contributed by atoms with Gasteiger partial charge in [-0.1, -0.05) is 31.4 Å². The van der Waals surface area contributed by atoms with Crippen molar-refractivity contribution in [2.45, 2.75) is 76.7 Å². The summed E-state index contributed by atoms with van der Waals surface area (Å²) in [6.45, 7) is 1.82. The van der Waals surface area contributed by atoms with Crippen LogP contribution in [0.4, 0.5) is 4.39 Å². The zero-order chi connectivity index (χ0) is 20.4. The second-order valence-electron chi connectivity index (χ2n) is 8.43. The number of esters is 1. The number of hydrogen-bond donors (Lipinski definition) is 1. The molecule has 0 amide bonds. The number of ketones is 1. The van der Waals surface area contributed by atoms with Crippen LogP contribution < -0.4 is 0 Å². The van der Waals surface area contributed by atoms with Crippen LogP contribution in [0.3, 0.4) is 0 Å². The molecular weight excluding hydrogens is 369 g/mol. The number of aromatic nitrogens is 1. The molecule has 154 valence electrons. The number of aromatic amines is 1. The van der Waals surface area contributed by atoms with E-state index in [0.717, 1.165) is 36.9 Å². The van der Waals surface area contributed by atoms with Crippen LogP contribution in [0.15, 0.2) is 24.3 Å². The molecule has 0 radical (unpaired) electrons. The average Bonchev–Trinajstić information content (AvgIpc) is 3.01.